The smallest absolute Gasteiger partial charge is 0.308 e. The van der Waals surface area contributed by atoms with Crippen molar-refractivity contribution in [1.29, 1.82) is 0 Å². The van der Waals surface area contributed by atoms with Gasteiger partial charge < -0.3 is 19.0 Å². The Hall–Kier alpha value is -3.82. The third-order valence-corrected chi connectivity index (χ3v) is 13.4. The molecule has 4 rings (SSSR count). The Kier molecular flexibility index (Phi) is 10.9. The van der Waals surface area contributed by atoms with Gasteiger partial charge in [-0.05, 0) is 80.2 Å². The van der Waals surface area contributed by atoms with Crippen LogP contribution in [0.3, 0.4) is 0 Å². The molecule has 1 heterocycles. The molecule has 9 heteroatoms. The maximum absolute atomic E-state index is 14.1. The summed E-state index contributed by atoms with van der Waals surface area (Å²) < 4.78 is 27.5. The number of methoxy groups -OCH3 is 1. The van der Waals surface area contributed by atoms with Crippen LogP contribution in [0.25, 0.3) is 28.3 Å². The normalized spacial score (nSPS) is 14.5. The molecule has 0 saturated heterocycles. The molecule has 246 valence electrons. The first-order chi connectivity index (χ1) is 21.6. The number of amides is 1. The van der Waals surface area contributed by atoms with Crippen molar-refractivity contribution in [1.82, 2.24) is 9.88 Å². The number of nitrogens with zero attached hydrogens (tertiary/aromatic N) is 1. The number of halogens is 1. The van der Waals surface area contributed by atoms with Gasteiger partial charge in [-0.3, -0.25) is 14.4 Å². The molecule has 46 heavy (non-hydrogen) atoms. The fourth-order valence-corrected chi connectivity index (χ4v) is 6.64. The fourth-order valence-electron chi connectivity index (χ4n) is 5.29. The Balaban J connectivity index is 1.85. The number of carbonyl (C=O) groups excluding carboxylic acids is 3. The number of carbonyl (C=O) groups is 3. The third kappa shape index (κ3) is 8.30. The van der Waals surface area contributed by atoms with Gasteiger partial charge in [0.15, 0.2) is 14.1 Å². The number of rotatable bonds is 13. The number of ether oxygens (including phenoxy) is 1. The van der Waals surface area contributed by atoms with Crippen molar-refractivity contribution in [3.8, 4) is 22.3 Å². The van der Waals surface area contributed by atoms with Crippen LogP contribution in [0.15, 0.2) is 60.7 Å². The van der Waals surface area contributed by atoms with E-state index in [-0.39, 0.29) is 47.5 Å². The molecule has 1 aliphatic rings. The highest BCUT2D eigenvalue weighted by Crippen LogP contribution is 2.43. The van der Waals surface area contributed by atoms with Crippen LogP contribution in [0.2, 0.25) is 18.1 Å². The Morgan fingerprint density at radius 3 is 2.13 bits per heavy atom. The highest BCUT2D eigenvalue weighted by molar-refractivity contribution is 6.74. The summed E-state index contributed by atoms with van der Waals surface area (Å²) in [6.45, 7) is 14.5. The fraction of sp³-hybridized carbons (Fsp3) is 0.432. The number of benzene rings is 2. The van der Waals surface area contributed by atoms with E-state index in [9.17, 15) is 18.8 Å². The average molecular weight is 647 g/mol. The van der Waals surface area contributed by atoms with Crippen LogP contribution in [-0.4, -0.2) is 49.8 Å². The van der Waals surface area contributed by atoms with Crippen molar-refractivity contribution in [2.24, 2.45) is 0 Å². The van der Waals surface area contributed by atoms with Gasteiger partial charge in [0.2, 0.25) is 0 Å². The first-order valence-electron chi connectivity index (χ1n) is 16.0. The van der Waals surface area contributed by atoms with E-state index in [2.05, 4.69) is 39.2 Å². The number of hydrogen-bond donors (Lipinski definition) is 1. The highest BCUT2D eigenvalue weighted by Gasteiger charge is 2.40. The van der Waals surface area contributed by atoms with Crippen LogP contribution in [-0.2, 0) is 18.8 Å². The van der Waals surface area contributed by atoms with Crippen LogP contribution >= 0.6 is 0 Å². The SMILES string of the molecule is COC(=O)C[C@@H](CC(=O)C=Cc1c(-c2ccc(F)cc2)c(-c2ccccc2)c(C(=O)NC2CC2)n1C(C)C)O[Si](C)(C)C(C)(C)C. The second kappa shape index (κ2) is 14.3. The van der Waals surface area contributed by atoms with Crippen LogP contribution in [0, 0.1) is 5.82 Å². The quantitative estimate of drug-likeness (QED) is 0.115. The zero-order valence-corrected chi connectivity index (χ0v) is 29.3. The second-order valence-electron chi connectivity index (χ2n) is 13.9. The molecular formula is C37H47FN2O5Si. The van der Waals surface area contributed by atoms with E-state index in [1.165, 1.54) is 25.3 Å². The molecule has 1 amide bonds. The number of aromatic nitrogens is 1. The number of allylic oxidation sites excluding steroid dienone is 1. The highest BCUT2D eigenvalue weighted by atomic mass is 28.4. The maximum atomic E-state index is 14.1. The van der Waals surface area contributed by atoms with Gasteiger partial charge in [0.25, 0.3) is 5.91 Å². The molecule has 0 unspecified atom stereocenters. The summed E-state index contributed by atoms with van der Waals surface area (Å²) in [7, 11) is -0.984. The van der Waals surface area contributed by atoms with Crippen molar-refractivity contribution in [2.75, 3.05) is 7.11 Å². The van der Waals surface area contributed by atoms with Gasteiger partial charge in [0.1, 0.15) is 11.5 Å². The summed E-state index contributed by atoms with van der Waals surface area (Å²) in [5.41, 5.74) is 4.15. The van der Waals surface area contributed by atoms with E-state index in [4.69, 9.17) is 9.16 Å². The molecule has 1 aliphatic carbocycles. The van der Waals surface area contributed by atoms with E-state index in [0.29, 0.717) is 11.4 Å². The van der Waals surface area contributed by atoms with E-state index in [1.807, 2.05) is 48.7 Å². The zero-order valence-electron chi connectivity index (χ0n) is 28.3. The Labute approximate surface area is 273 Å². The third-order valence-electron chi connectivity index (χ3n) is 8.83. The molecule has 1 saturated carbocycles. The number of esters is 1. The summed E-state index contributed by atoms with van der Waals surface area (Å²) in [5.74, 6) is -1.22. The maximum Gasteiger partial charge on any atom is 0.308 e. The van der Waals surface area contributed by atoms with Crippen molar-refractivity contribution >= 4 is 32.1 Å². The van der Waals surface area contributed by atoms with Gasteiger partial charge in [-0.15, -0.1) is 0 Å². The molecule has 2 aromatic carbocycles. The van der Waals surface area contributed by atoms with E-state index in [0.717, 1.165) is 35.1 Å². The summed E-state index contributed by atoms with van der Waals surface area (Å²) in [6, 6.07) is 15.8. The largest absolute Gasteiger partial charge is 0.469 e. The van der Waals surface area contributed by atoms with Crippen LogP contribution < -0.4 is 5.32 Å². The standard InChI is InChI=1S/C37H47FN2O5Si/c1-24(2)40-31(21-20-29(41)22-30(23-32(42)44-6)45-46(7,8)37(3,4)5)33(26-14-16-27(38)17-15-26)34(25-12-10-9-11-13-25)35(40)36(43)39-28-18-19-28/h9-17,20-21,24,28,30H,18-19,22-23H2,1-8H3,(H,39,43)/t30-/m1/s1. The molecule has 0 bridgehead atoms. The topological polar surface area (TPSA) is 86.6 Å². The number of hydrogen-bond acceptors (Lipinski definition) is 5. The number of ketones is 1. The summed E-state index contributed by atoms with van der Waals surface area (Å²) in [5, 5.41) is 3.04. The molecular weight excluding hydrogens is 600 g/mol. The lowest BCUT2D eigenvalue weighted by molar-refractivity contribution is -0.142. The monoisotopic (exact) mass is 646 g/mol. The average Bonchev–Trinajstić information content (AvgIpc) is 3.73. The molecule has 0 radical (unpaired) electrons. The molecule has 0 spiro atoms. The Morgan fingerprint density at radius 2 is 1.59 bits per heavy atom. The summed E-state index contributed by atoms with van der Waals surface area (Å²) in [6.07, 6.45) is 4.43. The minimum atomic E-state index is -2.31. The van der Waals surface area contributed by atoms with Crippen molar-refractivity contribution in [3.05, 3.63) is 77.9 Å². The molecule has 3 aromatic rings. The predicted molar refractivity (Wildman–Crippen MR) is 183 cm³/mol. The van der Waals surface area contributed by atoms with E-state index < -0.39 is 20.4 Å². The lowest BCUT2D eigenvalue weighted by atomic mass is 9.94. The molecule has 1 fully saturated rings. The van der Waals surface area contributed by atoms with Gasteiger partial charge in [0.05, 0.1) is 25.3 Å². The van der Waals surface area contributed by atoms with Gasteiger partial charge in [-0.2, -0.15) is 0 Å². The van der Waals surface area contributed by atoms with Gasteiger partial charge >= 0.3 is 5.97 Å². The molecule has 1 aromatic heterocycles. The van der Waals surface area contributed by atoms with Crippen LogP contribution in [0.5, 0.6) is 0 Å². The predicted octanol–water partition coefficient (Wildman–Crippen LogP) is 8.36. The number of nitrogens with one attached hydrogen (secondary N) is 1. The van der Waals surface area contributed by atoms with Gasteiger partial charge in [0, 0.05) is 29.6 Å². The Morgan fingerprint density at radius 1 is 0.978 bits per heavy atom. The molecule has 1 atom stereocenters. The Bertz CT molecular complexity index is 1580. The molecule has 1 N–H and O–H groups in total. The van der Waals surface area contributed by atoms with Crippen molar-refractivity contribution in [2.45, 2.75) is 96.6 Å². The van der Waals surface area contributed by atoms with Gasteiger partial charge in [-0.1, -0.05) is 63.2 Å². The summed E-state index contributed by atoms with van der Waals surface area (Å²) in [4.78, 5) is 39.9. The van der Waals surface area contributed by atoms with Crippen molar-refractivity contribution in [3.63, 3.8) is 0 Å². The van der Waals surface area contributed by atoms with E-state index >= 15 is 0 Å². The lowest BCUT2D eigenvalue weighted by Gasteiger charge is -2.39. The minimum Gasteiger partial charge on any atom is -0.469 e. The zero-order chi connectivity index (χ0) is 33.8. The summed E-state index contributed by atoms with van der Waals surface area (Å²) >= 11 is 0. The van der Waals surface area contributed by atoms with E-state index in [1.54, 1.807) is 18.2 Å². The van der Waals surface area contributed by atoms with Crippen molar-refractivity contribution < 1.29 is 27.9 Å². The first kappa shape index (κ1) is 35.0. The first-order valence-corrected chi connectivity index (χ1v) is 18.9. The lowest BCUT2D eigenvalue weighted by Crippen LogP contribution is -2.44. The van der Waals surface area contributed by atoms with Gasteiger partial charge in [-0.25, -0.2) is 4.39 Å². The van der Waals surface area contributed by atoms with Crippen LogP contribution in [0.4, 0.5) is 4.39 Å². The second-order valence-corrected chi connectivity index (χ2v) is 18.6. The minimum absolute atomic E-state index is 0.00700. The molecule has 0 aliphatic heterocycles. The van der Waals surface area contributed by atoms with Crippen LogP contribution in [0.1, 0.15) is 82.5 Å². The molecule has 7 nitrogen and oxygen atoms in total.